The monoisotopic (exact) mass is 348 g/mol. The molecule has 1 atom stereocenters. The maximum absolute atomic E-state index is 11.6. The van der Waals surface area contributed by atoms with Gasteiger partial charge in [0.15, 0.2) is 6.10 Å². The number of benzene rings is 2. The SMILES string of the molecule is C=C(C)C(=O)OC(CO)c1ccc(-n2nc3ccc(C#N)cc3n2)cc1. The molecule has 0 aliphatic rings. The van der Waals surface area contributed by atoms with Crippen molar-refractivity contribution in [3.8, 4) is 11.8 Å². The first-order valence-corrected chi connectivity index (χ1v) is 7.86. The first-order valence-electron chi connectivity index (χ1n) is 7.86. The Morgan fingerprint density at radius 1 is 1.27 bits per heavy atom. The van der Waals surface area contributed by atoms with Crippen LogP contribution < -0.4 is 0 Å². The first-order chi connectivity index (χ1) is 12.5. The third-order valence-corrected chi connectivity index (χ3v) is 3.77. The molecule has 26 heavy (non-hydrogen) atoms. The third-order valence-electron chi connectivity index (χ3n) is 3.77. The van der Waals surface area contributed by atoms with Crippen molar-refractivity contribution in [3.05, 3.63) is 65.7 Å². The summed E-state index contributed by atoms with van der Waals surface area (Å²) in [4.78, 5) is 13.1. The Hall–Kier alpha value is -3.50. The zero-order valence-corrected chi connectivity index (χ0v) is 14.1. The number of hydrogen-bond donors (Lipinski definition) is 1. The fourth-order valence-electron chi connectivity index (χ4n) is 2.36. The van der Waals surface area contributed by atoms with Crippen molar-refractivity contribution in [1.29, 1.82) is 5.26 Å². The minimum Gasteiger partial charge on any atom is -0.452 e. The molecule has 1 heterocycles. The van der Waals surface area contributed by atoms with Gasteiger partial charge >= 0.3 is 5.97 Å². The number of rotatable bonds is 5. The topological polar surface area (TPSA) is 101 Å². The van der Waals surface area contributed by atoms with Gasteiger partial charge < -0.3 is 9.84 Å². The lowest BCUT2D eigenvalue weighted by Gasteiger charge is -2.16. The van der Waals surface area contributed by atoms with Gasteiger partial charge in [0.1, 0.15) is 11.0 Å². The molecule has 3 aromatic rings. The van der Waals surface area contributed by atoms with Gasteiger partial charge in [-0.1, -0.05) is 18.7 Å². The van der Waals surface area contributed by atoms with Gasteiger partial charge in [-0.3, -0.25) is 0 Å². The van der Waals surface area contributed by atoms with Crippen molar-refractivity contribution in [2.75, 3.05) is 6.61 Å². The summed E-state index contributed by atoms with van der Waals surface area (Å²) < 4.78 is 5.21. The van der Waals surface area contributed by atoms with Crippen LogP contribution in [0.25, 0.3) is 16.7 Å². The smallest absolute Gasteiger partial charge is 0.333 e. The van der Waals surface area contributed by atoms with E-state index in [0.717, 1.165) is 0 Å². The standard InChI is InChI=1S/C19H16N4O3/c1-12(2)19(25)26-18(11-24)14-4-6-15(7-5-14)23-21-16-8-3-13(10-20)9-17(16)22-23/h3-9,18,24H,1,11H2,2H3. The lowest BCUT2D eigenvalue weighted by molar-refractivity contribution is -0.146. The van der Waals surface area contributed by atoms with Crippen molar-refractivity contribution >= 4 is 17.0 Å². The third kappa shape index (κ3) is 3.45. The van der Waals surface area contributed by atoms with Crippen molar-refractivity contribution in [2.45, 2.75) is 13.0 Å². The van der Waals surface area contributed by atoms with E-state index in [1.807, 2.05) is 0 Å². The zero-order chi connectivity index (χ0) is 18.7. The molecule has 0 radical (unpaired) electrons. The zero-order valence-electron chi connectivity index (χ0n) is 14.1. The van der Waals surface area contributed by atoms with E-state index in [-0.39, 0.29) is 12.2 Å². The van der Waals surface area contributed by atoms with E-state index < -0.39 is 12.1 Å². The average molecular weight is 348 g/mol. The van der Waals surface area contributed by atoms with E-state index >= 15 is 0 Å². The van der Waals surface area contributed by atoms with Gasteiger partial charge in [0.25, 0.3) is 0 Å². The minimum absolute atomic E-state index is 0.268. The summed E-state index contributed by atoms with van der Waals surface area (Å²) in [7, 11) is 0. The predicted molar refractivity (Wildman–Crippen MR) is 94.3 cm³/mol. The Morgan fingerprint density at radius 3 is 2.58 bits per heavy atom. The number of nitriles is 1. The highest BCUT2D eigenvalue weighted by atomic mass is 16.6. The number of fused-ring (bicyclic) bond motifs is 1. The van der Waals surface area contributed by atoms with Crippen molar-refractivity contribution in [2.24, 2.45) is 0 Å². The highest BCUT2D eigenvalue weighted by Gasteiger charge is 2.16. The summed E-state index contributed by atoms with van der Waals surface area (Å²) in [6.45, 7) is 4.74. The highest BCUT2D eigenvalue weighted by Crippen LogP contribution is 2.21. The number of aliphatic hydroxyl groups excluding tert-OH is 1. The Labute approximate surface area is 149 Å². The number of carbonyl (C=O) groups is 1. The maximum atomic E-state index is 11.6. The lowest BCUT2D eigenvalue weighted by atomic mass is 10.1. The molecule has 0 amide bonds. The molecular weight excluding hydrogens is 332 g/mol. The highest BCUT2D eigenvalue weighted by molar-refractivity contribution is 5.87. The van der Waals surface area contributed by atoms with Crippen LogP contribution in [0, 0.1) is 11.3 Å². The van der Waals surface area contributed by atoms with Gasteiger partial charge in [-0.05, 0) is 42.8 Å². The molecule has 7 nitrogen and oxygen atoms in total. The first kappa shape index (κ1) is 17.3. The van der Waals surface area contributed by atoms with Gasteiger partial charge in [0.2, 0.25) is 0 Å². The molecule has 0 saturated carbocycles. The molecule has 3 rings (SSSR count). The number of esters is 1. The normalized spacial score (nSPS) is 11.7. The second-order valence-corrected chi connectivity index (χ2v) is 5.75. The summed E-state index contributed by atoms with van der Waals surface area (Å²) in [5.41, 5.74) is 3.43. The lowest BCUT2D eigenvalue weighted by Crippen LogP contribution is -2.15. The van der Waals surface area contributed by atoms with Gasteiger partial charge in [-0.15, -0.1) is 10.2 Å². The van der Waals surface area contributed by atoms with Crippen LogP contribution >= 0.6 is 0 Å². The Balaban J connectivity index is 1.86. The molecule has 130 valence electrons. The van der Waals surface area contributed by atoms with E-state index in [1.54, 1.807) is 49.4 Å². The van der Waals surface area contributed by atoms with Crippen molar-refractivity contribution < 1.29 is 14.6 Å². The second-order valence-electron chi connectivity index (χ2n) is 5.75. The fourth-order valence-corrected chi connectivity index (χ4v) is 2.36. The predicted octanol–water partition coefficient (Wildman–Crippen LogP) is 2.44. The van der Waals surface area contributed by atoms with E-state index in [0.29, 0.717) is 27.8 Å². The largest absolute Gasteiger partial charge is 0.452 e. The molecule has 2 aromatic carbocycles. The fraction of sp³-hybridized carbons (Fsp3) is 0.158. The molecule has 1 unspecified atom stereocenters. The van der Waals surface area contributed by atoms with Crippen LogP contribution in [0.5, 0.6) is 0 Å². The molecule has 1 aromatic heterocycles. The molecule has 7 heteroatoms. The Kier molecular flexibility index (Phi) is 4.78. The molecular formula is C19H16N4O3. The molecule has 0 spiro atoms. The Morgan fingerprint density at radius 2 is 1.96 bits per heavy atom. The van der Waals surface area contributed by atoms with Crippen molar-refractivity contribution in [1.82, 2.24) is 15.0 Å². The summed E-state index contributed by atoms with van der Waals surface area (Å²) in [5, 5.41) is 27.2. The molecule has 0 fully saturated rings. The minimum atomic E-state index is -0.768. The number of aliphatic hydroxyl groups is 1. The van der Waals surface area contributed by atoms with E-state index in [4.69, 9.17) is 10.00 Å². The summed E-state index contributed by atoms with van der Waals surface area (Å²) in [6.07, 6.45) is -0.768. The van der Waals surface area contributed by atoms with Crippen LogP contribution in [0.3, 0.4) is 0 Å². The molecule has 1 N–H and O–H groups in total. The number of hydrogen-bond acceptors (Lipinski definition) is 6. The van der Waals surface area contributed by atoms with Crippen molar-refractivity contribution in [3.63, 3.8) is 0 Å². The average Bonchev–Trinajstić information content (AvgIpc) is 3.09. The van der Waals surface area contributed by atoms with Crippen LogP contribution in [0.4, 0.5) is 0 Å². The van der Waals surface area contributed by atoms with Gasteiger partial charge in [-0.2, -0.15) is 10.1 Å². The second kappa shape index (κ2) is 7.17. The molecule has 0 saturated heterocycles. The van der Waals surface area contributed by atoms with Crippen LogP contribution in [-0.2, 0) is 9.53 Å². The van der Waals surface area contributed by atoms with Gasteiger partial charge in [-0.25, -0.2) is 4.79 Å². The quantitative estimate of drug-likeness (QED) is 0.561. The van der Waals surface area contributed by atoms with Crippen LogP contribution in [0.1, 0.15) is 24.2 Å². The number of nitrogens with zero attached hydrogens (tertiary/aromatic N) is 4. The summed E-state index contributed by atoms with van der Waals surface area (Å²) >= 11 is 0. The molecule has 0 bridgehead atoms. The number of ether oxygens (including phenoxy) is 1. The number of aromatic nitrogens is 3. The van der Waals surface area contributed by atoms with E-state index in [1.165, 1.54) is 4.80 Å². The van der Waals surface area contributed by atoms with Crippen LogP contribution in [0.2, 0.25) is 0 Å². The summed E-state index contributed by atoms with van der Waals surface area (Å²) in [6, 6.07) is 14.2. The van der Waals surface area contributed by atoms with Crippen LogP contribution in [-0.4, -0.2) is 32.7 Å². The maximum Gasteiger partial charge on any atom is 0.333 e. The molecule has 0 aliphatic carbocycles. The number of carbonyl (C=O) groups excluding carboxylic acids is 1. The van der Waals surface area contributed by atoms with E-state index in [2.05, 4.69) is 22.8 Å². The Bertz CT molecular complexity index is 1020. The van der Waals surface area contributed by atoms with Gasteiger partial charge in [0, 0.05) is 5.57 Å². The summed E-state index contributed by atoms with van der Waals surface area (Å²) in [5.74, 6) is -0.554. The van der Waals surface area contributed by atoms with E-state index in [9.17, 15) is 9.90 Å². The molecule has 0 aliphatic heterocycles. The van der Waals surface area contributed by atoms with Crippen LogP contribution in [0.15, 0.2) is 54.6 Å². The van der Waals surface area contributed by atoms with Gasteiger partial charge in [0.05, 0.1) is 23.9 Å².